The van der Waals surface area contributed by atoms with E-state index in [0.29, 0.717) is 10.6 Å². The molecule has 0 spiro atoms. The van der Waals surface area contributed by atoms with Gasteiger partial charge in [-0.25, -0.2) is 22.5 Å². The van der Waals surface area contributed by atoms with Crippen molar-refractivity contribution in [2.45, 2.75) is 25.9 Å². The maximum absolute atomic E-state index is 13.9. The summed E-state index contributed by atoms with van der Waals surface area (Å²) in [4.78, 5) is 39.8. The zero-order valence-electron chi connectivity index (χ0n) is 14.9. The smallest absolute Gasteiger partial charge is 0.329 e. The number of rotatable bonds is 4. The predicted molar refractivity (Wildman–Crippen MR) is 96.4 cm³/mol. The lowest BCUT2D eigenvalue weighted by Gasteiger charge is -2.19. The van der Waals surface area contributed by atoms with E-state index in [1.54, 1.807) is 0 Å². The number of amides is 1. The van der Waals surface area contributed by atoms with Gasteiger partial charge >= 0.3 is 5.69 Å². The maximum Gasteiger partial charge on any atom is 0.329 e. The van der Waals surface area contributed by atoms with E-state index in [4.69, 9.17) is 0 Å². The van der Waals surface area contributed by atoms with Gasteiger partial charge < -0.3 is 10.3 Å². The molecule has 9 heteroatoms. The molecule has 0 aliphatic carbocycles. The summed E-state index contributed by atoms with van der Waals surface area (Å²) in [6.45, 7) is 2.79. The Balaban J connectivity index is 1.93. The van der Waals surface area contributed by atoms with Gasteiger partial charge in [-0.15, -0.1) is 0 Å². The summed E-state index contributed by atoms with van der Waals surface area (Å²) in [5, 5.41) is 2.39. The molecule has 0 unspecified atom stereocenters. The number of fused-ring (bicyclic) bond motifs is 1. The van der Waals surface area contributed by atoms with Crippen molar-refractivity contribution in [1.82, 2.24) is 14.9 Å². The summed E-state index contributed by atoms with van der Waals surface area (Å²) in [6, 6.07) is 4.15. The van der Waals surface area contributed by atoms with Crippen molar-refractivity contribution in [3.8, 4) is 0 Å². The summed E-state index contributed by atoms with van der Waals surface area (Å²) in [6.07, 6.45) is 0. The molecule has 2 N–H and O–H groups in total. The molecular formula is C19H16F3N3O3. The number of carbonyl (C=O) groups excluding carboxylic acids is 1. The molecule has 3 aromatic rings. The first-order valence-electron chi connectivity index (χ1n) is 8.38. The lowest BCUT2D eigenvalue weighted by Crippen LogP contribution is -2.44. The molecule has 1 heterocycles. The first-order valence-corrected chi connectivity index (χ1v) is 8.38. The van der Waals surface area contributed by atoms with Crippen molar-refractivity contribution < 1.29 is 18.0 Å². The number of nitrogens with one attached hydrogen (secondary N) is 2. The molecule has 2 atom stereocenters. The van der Waals surface area contributed by atoms with E-state index in [1.165, 1.54) is 26.0 Å². The number of aromatic amines is 1. The molecule has 1 amide bonds. The van der Waals surface area contributed by atoms with Gasteiger partial charge in [0.15, 0.2) is 0 Å². The Labute approximate surface area is 156 Å². The molecule has 0 saturated carbocycles. The quantitative estimate of drug-likeness (QED) is 0.717. The van der Waals surface area contributed by atoms with Gasteiger partial charge in [0.05, 0.1) is 16.9 Å². The number of aromatic nitrogens is 2. The largest absolute Gasteiger partial charge is 0.348 e. The summed E-state index contributed by atoms with van der Waals surface area (Å²) in [5.74, 6) is -2.99. The van der Waals surface area contributed by atoms with Crippen molar-refractivity contribution in [3.63, 3.8) is 0 Å². The molecule has 0 aliphatic rings. The molecule has 6 nitrogen and oxygen atoms in total. The van der Waals surface area contributed by atoms with E-state index in [-0.39, 0.29) is 16.5 Å². The van der Waals surface area contributed by atoms with E-state index in [2.05, 4.69) is 10.3 Å². The number of carbonyl (C=O) groups is 1. The van der Waals surface area contributed by atoms with Gasteiger partial charge in [0, 0.05) is 11.6 Å². The third-order valence-corrected chi connectivity index (χ3v) is 4.45. The number of hydrogen-bond donors (Lipinski definition) is 2. The second-order valence-electron chi connectivity index (χ2n) is 6.37. The van der Waals surface area contributed by atoms with Crippen molar-refractivity contribution in [3.05, 3.63) is 80.3 Å². The van der Waals surface area contributed by atoms with Crippen molar-refractivity contribution in [1.29, 1.82) is 0 Å². The van der Waals surface area contributed by atoms with Crippen LogP contribution in [0.5, 0.6) is 0 Å². The van der Waals surface area contributed by atoms with Crippen LogP contribution in [-0.2, 0) is 4.79 Å². The van der Waals surface area contributed by atoms with Crippen molar-refractivity contribution in [2.24, 2.45) is 0 Å². The average molecular weight is 391 g/mol. The van der Waals surface area contributed by atoms with Gasteiger partial charge in [-0.3, -0.25) is 9.59 Å². The predicted octanol–water partition coefficient (Wildman–Crippen LogP) is 2.55. The van der Waals surface area contributed by atoms with Crippen LogP contribution >= 0.6 is 0 Å². The summed E-state index contributed by atoms with van der Waals surface area (Å²) >= 11 is 0. The van der Waals surface area contributed by atoms with Crippen LogP contribution in [0, 0.1) is 17.5 Å². The number of nitrogens with zero attached hydrogens (tertiary/aromatic N) is 1. The normalized spacial score (nSPS) is 13.3. The number of benzene rings is 2. The molecule has 0 aliphatic heterocycles. The van der Waals surface area contributed by atoms with Gasteiger partial charge in [0.25, 0.3) is 5.56 Å². The van der Waals surface area contributed by atoms with Crippen LogP contribution in [0.25, 0.3) is 10.9 Å². The van der Waals surface area contributed by atoms with E-state index >= 15 is 0 Å². The van der Waals surface area contributed by atoms with Crippen molar-refractivity contribution >= 4 is 16.8 Å². The van der Waals surface area contributed by atoms with Crippen LogP contribution in [0.15, 0.2) is 46.0 Å². The number of H-pyrrole nitrogens is 1. The minimum atomic E-state index is -1.25. The minimum Gasteiger partial charge on any atom is -0.348 e. The van der Waals surface area contributed by atoms with E-state index in [9.17, 15) is 27.6 Å². The zero-order chi connectivity index (χ0) is 20.6. The Morgan fingerprint density at radius 3 is 2.36 bits per heavy atom. The average Bonchev–Trinajstić information content (AvgIpc) is 2.62. The highest BCUT2D eigenvalue weighted by Crippen LogP contribution is 2.18. The summed E-state index contributed by atoms with van der Waals surface area (Å²) in [5.41, 5.74) is -1.49. The molecule has 1 aromatic heterocycles. The Morgan fingerprint density at radius 2 is 1.68 bits per heavy atom. The third kappa shape index (κ3) is 3.55. The molecule has 2 aromatic carbocycles. The molecule has 146 valence electrons. The molecule has 0 bridgehead atoms. The van der Waals surface area contributed by atoms with Gasteiger partial charge in [0.2, 0.25) is 5.91 Å². The SMILES string of the molecule is C[C@@H](NC(=O)[C@H](C)n1c(=O)[nH]c2ccc(F)cc2c1=O)c1ccc(F)cc1F. The minimum absolute atomic E-state index is 0.0452. The first kappa shape index (κ1) is 19.4. The lowest BCUT2D eigenvalue weighted by molar-refractivity contribution is -0.124. The van der Waals surface area contributed by atoms with Crippen LogP contribution in [0.1, 0.15) is 31.5 Å². The molecule has 0 saturated heterocycles. The van der Waals surface area contributed by atoms with Crippen molar-refractivity contribution in [2.75, 3.05) is 0 Å². The van der Waals surface area contributed by atoms with E-state index in [0.717, 1.165) is 18.2 Å². The van der Waals surface area contributed by atoms with Crippen LogP contribution in [0.2, 0.25) is 0 Å². The number of halogens is 3. The fourth-order valence-corrected chi connectivity index (χ4v) is 2.93. The maximum atomic E-state index is 13.9. The van der Waals surface area contributed by atoms with E-state index in [1.807, 2.05) is 0 Å². The highest BCUT2D eigenvalue weighted by atomic mass is 19.1. The Morgan fingerprint density at radius 1 is 1.04 bits per heavy atom. The lowest BCUT2D eigenvalue weighted by atomic mass is 10.1. The van der Waals surface area contributed by atoms with Crippen LogP contribution in [-0.4, -0.2) is 15.5 Å². The standard InChI is InChI=1S/C19H16F3N3O3/c1-9(13-5-3-12(21)8-15(13)22)23-17(26)10(2)25-18(27)14-7-11(20)4-6-16(14)24-19(25)28/h3-10H,1-2H3,(H,23,26)(H,24,28)/t9-,10+/m1/s1. The monoisotopic (exact) mass is 391 g/mol. The molecule has 28 heavy (non-hydrogen) atoms. The molecule has 0 radical (unpaired) electrons. The van der Waals surface area contributed by atoms with Crippen LogP contribution in [0.4, 0.5) is 13.2 Å². The highest BCUT2D eigenvalue weighted by molar-refractivity contribution is 5.81. The summed E-state index contributed by atoms with van der Waals surface area (Å²) < 4.78 is 41.0. The fraction of sp³-hybridized carbons (Fsp3) is 0.211. The molecular weight excluding hydrogens is 375 g/mol. The topological polar surface area (TPSA) is 84.0 Å². The fourth-order valence-electron chi connectivity index (χ4n) is 2.93. The van der Waals surface area contributed by atoms with Gasteiger partial charge in [-0.1, -0.05) is 6.07 Å². The Hall–Kier alpha value is -3.36. The number of hydrogen-bond acceptors (Lipinski definition) is 3. The van der Waals surface area contributed by atoms with Gasteiger partial charge in [0.1, 0.15) is 23.5 Å². The van der Waals surface area contributed by atoms with Crippen LogP contribution < -0.4 is 16.6 Å². The molecule has 0 fully saturated rings. The highest BCUT2D eigenvalue weighted by Gasteiger charge is 2.23. The second-order valence-corrected chi connectivity index (χ2v) is 6.37. The summed E-state index contributed by atoms with van der Waals surface area (Å²) in [7, 11) is 0. The van der Waals surface area contributed by atoms with Gasteiger partial charge in [-0.05, 0) is 38.1 Å². The van der Waals surface area contributed by atoms with Gasteiger partial charge in [-0.2, -0.15) is 0 Å². The third-order valence-electron chi connectivity index (χ3n) is 4.45. The molecule has 3 rings (SSSR count). The Bertz CT molecular complexity index is 1190. The van der Waals surface area contributed by atoms with Crippen LogP contribution in [0.3, 0.4) is 0 Å². The Kier molecular flexibility index (Phi) is 5.08. The van der Waals surface area contributed by atoms with E-state index < -0.39 is 46.7 Å². The second kappa shape index (κ2) is 7.34. The zero-order valence-corrected chi connectivity index (χ0v) is 14.9. The first-order chi connectivity index (χ1) is 13.2.